The minimum absolute atomic E-state index is 0.151. The minimum Gasteiger partial charge on any atom is -0.388 e. The Bertz CT molecular complexity index is 444. The van der Waals surface area contributed by atoms with Crippen molar-refractivity contribution in [2.75, 3.05) is 33.7 Å². The first-order valence-electron chi connectivity index (χ1n) is 7.93. The van der Waals surface area contributed by atoms with Crippen molar-refractivity contribution in [3.8, 4) is 0 Å². The molecule has 0 amide bonds. The number of rotatable bonds is 5. The van der Waals surface area contributed by atoms with E-state index in [1.807, 2.05) is 30.3 Å². The van der Waals surface area contributed by atoms with Crippen molar-refractivity contribution in [2.45, 2.75) is 32.9 Å². The molecule has 0 radical (unpaired) electrons. The van der Waals surface area contributed by atoms with E-state index in [9.17, 15) is 5.11 Å². The standard InChI is InChI=1S/C18H30N2O/c1-14-11-20(12-16(14)19(4)5)13-18(2,3)17(21)15-9-7-6-8-10-15/h6-10,14,16-17,21H,11-13H2,1-5H3. The molecule has 0 aliphatic carbocycles. The van der Waals surface area contributed by atoms with Gasteiger partial charge < -0.3 is 14.9 Å². The van der Waals surface area contributed by atoms with Crippen molar-refractivity contribution in [3.63, 3.8) is 0 Å². The maximum absolute atomic E-state index is 10.7. The first kappa shape index (κ1) is 16.5. The fourth-order valence-corrected chi connectivity index (χ4v) is 3.60. The molecule has 1 aliphatic heterocycles. The summed E-state index contributed by atoms with van der Waals surface area (Å²) in [5.74, 6) is 0.685. The lowest BCUT2D eigenvalue weighted by Gasteiger charge is -2.35. The zero-order valence-corrected chi connectivity index (χ0v) is 14.1. The minimum atomic E-state index is -0.424. The Labute approximate surface area is 129 Å². The van der Waals surface area contributed by atoms with E-state index in [4.69, 9.17) is 0 Å². The molecular formula is C18H30N2O. The third-order valence-electron chi connectivity index (χ3n) is 4.80. The van der Waals surface area contributed by atoms with Crippen molar-refractivity contribution in [3.05, 3.63) is 35.9 Å². The Kier molecular flexibility index (Phi) is 5.07. The van der Waals surface area contributed by atoms with Crippen LogP contribution in [-0.4, -0.2) is 54.7 Å². The molecule has 21 heavy (non-hydrogen) atoms. The van der Waals surface area contributed by atoms with Crippen LogP contribution in [0.15, 0.2) is 30.3 Å². The van der Waals surface area contributed by atoms with Crippen molar-refractivity contribution in [1.82, 2.24) is 9.80 Å². The molecule has 1 aliphatic rings. The molecule has 0 aromatic heterocycles. The summed E-state index contributed by atoms with van der Waals surface area (Å²) < 4.78 is 0. The van der Waals surface area contributed by atoms with E-state index in [0.29, 0.717) is 12.0 Å². The molecule has 1 N–H and O–H groups in total. The van der Waals surface area contributed by atoms with Gasteiger partial charge in [-0.2, -0.15) is 0 Å². The second kappa shape index (κ2) is 6.47. The molecule has 1 aromatic rings. The van der Waals surface area contributed by atoms with Crippen LogP contribution >= 0.6 is 0 Å². The molecule has 3 nitrogen and oxygen atoms in total. The Morgan fingerprint density at radius 1 is 1.24 bits per heavy atom. The van der Waals surface area contributed by atoms with Crippen molar-refractivity contribution in [2.24, 2.45) is 11.3 Å². The van der Waals surface area contributed by atoms with Gasteiger partial charge in [-0.1, -0.05) is 51.1 Å². The van der Waals surface area contributed by atoms with E-state index in [1.54, 1.807) is 0 Å². The SMILES string of the molecule is CC1CN(CC(C)(C)C(O)c2ccccc2)CC1N(C)C. The number of hydrogen-bond acceptors (Lipinski definition) is 3. The van der Waals surface area contributed by atoms with Gasteiger partial charge in [0.1, 0.15) is 0 Å². The molecule has 1 saturated heterocycles. The summed E-state index contributed by atoms with van der Waals surface area (Å²) in [5, 5.41) is 10.7. The first-order chi connectivity index (χ1) is 9.81. The fraction of sp³-hybridized carbons (Fsp3) is 0.667. The topological polar surface area (TPSA) is 26.7 Å². The number of hydrogen-bond donors (Lipinski definition) is 1. The summed E-state index contributed by atoms with van der Waals surface area (Å²) in [7, 11) is 4.32. The van der Waals surface area contributed by atoms with E-state index in [-0.39, 0.29) is 5.41 Å². The molecule has 1 aromatic carbocycles. The lowest BCUT2D eigenvalue weighted by molar-refractivity contribution is 0.0240. The second-order valence-corrected chi connectivity index (χ2v) is 7.50. The van der Waals surface area contributed by atoms with Crippen molar-refractivity contribution < 1.29 is 5.11 Å². The molecule has 0 bridgehead atoms. The molecule has 2 rings (SSSR count). The summed E-state index contributed by atoms with van der Waals surface area (Å²) in [6.07, 6.45) is -0.424. The normalized spacial score (nSPS) is 25.5. The van der Waals surface area contributed by atoms with Crippen LogP contribution in [0, 0.1) is 11.3 Å². The van der Waals surface area contributed by atoms with E-state index in [0.717, 1.165) is 25.2 Å². The lowest BCUT2D eigenvalue weighted by atomic mass is 9.82. The summed E-state index contributed by atoms with van der Waals surface area (Å²) in [6.45, 7) is 9.80. The monoisotopic (exact) mass is 290 g/mol. The van der Waals surface area contributed by atoms with E-state index in [1.165, 1.54) is 0 Å². The molecule has 3 atom stereocenters. The number of aliphatic hydroxyl groups excluding tert-OH is 1. The third-order valence-corrected chi connectivity index (χ3v) is 4.80. The Morgan fingerprint density at radius 2 is 1.86 bits per heavy atom. The smallest absolute Gasteiger partial charge is 0.0853 e. The van der Waals surface area contributed by atoms with Crippen LogP contribution in [0.4, 0.5) is 0 Å². The van der Waals surface area contributed by atoms with Gasteiger partial charge in [0.15, 0.2) is 0 Å². The number of likely N-dealkylation sites (tertiary alicyclic amines) is 1. The predicted octanol–water partition coefficient (Wildman–Crippen LogP) is 2.63. The number of aliphatic hydroxyl groups is 1. The Hall–Kier alpha value is -0.900. The quantitative estimate of drug-likeness (QED) is 0.903. The van der Waals surface area contributed by atoms with Crippen LogP contribution in [0.2, 0.25) is 0 Å². The maximum Gasteiger partial charge on any atom is 0.0853 e. The molecule has 1 fully saturated rings. The van der Waals surface area contributed by atoms with Gasteiger partial charge in [0.05, 0.1) is 6.10 Å². The number of benzene rings is 1. The van der Waals surface area contributed by atoms with E-state index >= 15 is 0 Å². The molecule has 3 unspecified atom stereocenters. The maximum atomic E-state index is 10.7. The summed E-state index contributed by atoms with van der Waals surface area (Å²) >= 11 is 0. The average molecular weight is 290 g/mol. The lowest BCUT2D eigenvalue weighted by Crippen LogP contribution is -2.39. The van der Waals surface area contributed by atoms with Gasteiger partial charge in [-0.3, -0.25) is 0 Å². The highest BCUT2D eigenvalue weighted by atomic mass is 16.3. The summed E-state index contributed by atoms with van der Waals surface area (Å²) in [6, 6.07) is 10.6. The molecule has 118 valence electrons. The van der Waals surface area contributed by atoms with Crippen molar-refractivity contribution >= 4 is 0 Å². The van der Waals surface area contributed by atoms with Gasteiger partial charge in [-0.15, -0.1) is 0 Å². The van der Waals surface area contributed by atoms with Crippen molar-refractivity contribution in [1.29, 1.82) is 0 Å². The summed E-state index contributed by atoms with van der Waals surface area (Å²) in [5.41, 5.74) is 0.862. The van der Waals surface area contributed by atoms with Crippen LogP contribution in [-0.2, 0) is 0 Å². The Balaban J connectivity index is 2.01. The molecule has 3 heteroatoms. The highest BCUT2D eigenvalue weighted by Crippen LogP contribution is 2.35. The van der Waals surface area contributed by atoms with E-state index in [2.05, 4.69) is 44.7 Å². The Morgan fingerprint density at radius 3 is 2.38 bits per heavy atom. The highest BCUT2D eigenvalue weighted by Gasteiger charge is 2.37. The van der Waals surface area contributed by atoms with Gasteiger partial charge in [-0.05, 0) is 25.6 Å². The average Bonchev–Trinajstić information content (AvgIpc) is 2.79. The van der Waals surface area contributed by atoms with Crippen LogP contribution in [0.5, 0.6) is 0 Å². The number of likely N-dealkylation sites (N-methyl/N-ethyl adjacent to an activating group) is 1. The fourth-order valence-electron chi connectivity index (χ4n) is 3.60. The molecule has 0 spiro atoms. The van der Waals surface area contributed by atoms with Gasteiger partial charge >= 0.3 is 0 Å². The van der Waals surface area contributed by atoms with Crippen LogP contribution < -0.4 is 0 Å². The van der Waals surface area contributed by atoms with Gasteiger partial charge in [0.2, 0.25) is 0 Å². The van der Waals surface area contributed by atoms with Gasteiger partial charge in [-0.25, -0.2) is 0 Å². The number of nitrogens with zero attached hydrogens (tertiary/aromatic N) is 2. The van der Waals surface area contributed by atoms with E-state index < -0.39 is 6.10 Å². The zero-order valence-electron chi connectivity index (χ0n) is 14.1. The highest BCUT2D eigenvalue weighted by molar-refractivity contribution is 5.19. The molecular weight excluding hydrogens is 260 g/mol. The second-order valence-electron chi connectivity index (χ2n) is 7.50. The van der Waals surface area contributed by atoms with Crippen LogP contribution in [0.3, 0.4) is 0 Å². The predicted molar refractivity (Wildman–Crippen MR) is 88.3 cm³/mol. The van der Waals surface area contributed by atoms with Crippen LogP contribution in [0.1, 0.15) is 32.4 Å². The van der Waals surface area contributed by atoms with Gasteiger partial charge in [0.25, 0.3) is 0 Å². The summed E-state index contributed by atoms with van der Waals surface area (Å²) in [4.78, 5) is 4.83. The zero-order chi connectivity index (χ0) is 15.6. The third kappa shape index (κ3) is 3.85. The first-order valence-corrected chi connectivity index (χ1v) is 7.93. The molecule has 1 heterocycles. The molecule has 0 saturated carbocycles. The largest absolute Gasteiger partial charge is 0.388 e. The van der Waals surface area contributed by atoms with Gasteiger partial charge in [0, 0.05) is 31.1 Å². The van der Waals surface area contributed by atoms with Crippen LogP contribution in [0.25, 0.3) is 0 Å².